The fraction of sp³-hybridized carbons (Fsp3) is 0.300. The first-order valence-corrected chi connectivity index (χ1v) is 5.36. The van der Waals surface area contributed by atoms with E-state index in [1.807, 2.05) is 6.92 Å². The van der Waals surface area contributed by atoms with Gasteiger partial charge in [0.25, 0.3) is 0 Å². The lowest BCUT2D eigenvalue weighted by molar-refractivity contribution is 0.0525. The molecule has 0 unspecified atom stereocenters. The summed E-state index contributed by atoms with van der Waals surface area (Å²) in [4.78, 5) is 11.5. The fourth-order valence-electron chi connectivity index (χ4n) is 1.07. The standard InChI is InChI=1S/C10H10BrClO2/c1-3-14-10(13)8-4-7(12)5-9(11)6(8)2/h4-5H,3H2,1-2H3. The van der Waals surface area contributed by atoms with Crippen LogP contribution in [-0.2, 0) is 4.74 Å². The van der Waals surface area contributed by atoms with Crippen LogP contribution in [0.25, 0.3) is 0 Å². The van der Waals surface area contributed by atoms with Gasteiger partial charge in [-0.1, -0.05) is 27.5 Å². The summed E-state index contributed by atoms with van der Waals surface area (Å²) in [6, 6.07) is 3.36. The number of rotatable bonds is 2. The van der Waals surface area contributed by atoms with Gasteiger partial charge in [-0.3, -0.25) is 0 Å². The number of hydrogen-bond acceptors (Lipinski definition) is 2. The molecule has 0 radical (unpaired) electrons. The van der Waals surface area contributed by atoms with Crippen molar-refractivity contribution < 1.29 is 9.53 Å². The number of carbonyl (C=O) groups excluding carboxylic acids is 1. The van der Waals surface area contributed by atoms with Gasteiger partial charge in [0.2, 0.25) is 0 Å². The van der Waals surface area contributed by atoms with Crippen LogP contribution in [0, 0.1) is 6.92 Å². The molecule has 0 amide bonds. The summed E-state index contributed by atoms with van der Waals surface area (Å²) in [5, 5.41) is 0.519. The average Bonchev–Trinajstić information content (AvgIpc) is 2.11. The Morgan fingerprint density at radius 3 is 2.79 bits per heavy atom. The van der Waals surface area contributed by atoms with Crippen LogP contribution in [0.4, 0.5) is 0 Å². The van der Waals surface area contributed by atoms with Crippen LogP contribution in [0.2, 0.25) is 5.02 Å². The number of carbonyl (C=O) groups is 1. The average molecular weight is 278 g/mol. The predicted molar refractivity (Wildman–Crippen MR) is 59.8 cm³/mol. The normalized spacial score (nSPS) is 10.0. The van der Waals surface area contributed by atoms with E-state index < -0.39 is 0 Å². The lowest BCUT2D eigenvalue weighted by atomic mass is 10.1. The Morgan fingerprint density at radius 2 is 2.21 bits per heavy atom. The third kappa shape index (κ3) is 2.49. The van der Waals surface area contributed by atoms with Crippen molar-refractivity contribution in [2.24, 2.45) is 0 Å². The third-order valence-corrected chi connectivity index (χ3v) is 2.85. The number of benzene rings is 1. The van der Waals surface area contributed by atoms with Crippen LogP contribution < -0.4 is 0 Å². The maximum atomic E-state index is 11.5. The minimum absolute atomic E-state index is 0.340. The van der Waals surface area contributed by atoms with Crippen LogP contribution in [0.15, 0.2) is 16.6 Å². The number of esters is 1. The number of ether oxygens (including phenoxy) is 1. The van der Waals surface area contributed by atoms with Crippen LogP contribution in [0.5, 0.6) is 0 Å². The van der Waals surface area contributed by atoms with Gasteiger partial charge in [0, 0.05) is 9.50 Å². The molecular formula is C10H10BrClO2. The minimum Gasteiger partial charge on any atom is -0.462 e. The molecule has 0 spiro atoms. The van der Waals surface area contributed by atoms with E-state index in [4.69, 9.17) is 16.3 Å². The van der Waals surface area contributed by atoms with Gasteiger partial charge in [-0.15, -0.1) is 0 Å². The molecule has 0 atom stereocenters. The second-order valence-corrected chi connectivity index (χ2v) is 4.07. The molecule has 0 aromatic heterocycles. The Kier molecular flexibility index (Phi) is 3.96. The van der Waals surface area contributed by atoms with Crippen molar-refractivity contribution in [2.45, 2.75) is 13.8 Å². The molecule has 2 nitrogen and oxygen atoms in total. The van der Waals surface area contributed by atoms with Crippen molar-refractivity contribution in [3.63, 3.8) is 0 Å². The van der Waals surface area contributed by atoms with Crippen molar-refractivity contribution in [2.75, 3.05) is 6.61 Å². The van der Waals surface area contributed by atoms with Gasteiger partial charge in [0.15, 0.2) is 0 Å². The number of halogens is 2. The van der Waals surface area contributed by atoms with E-state index in [2.05, 4.69) is 15.9 Å². The maximum Gasteiger partial charge on any atom is 0.338 e. The first-order chi connectivity index (χ1) is 6.56. The van der Waals surface area contributed by atoms with Crippen LogP contribution >= 0.6 is 27.5 Å². The van der Waals surface area contributed by atoms with E-state index >= 15 is 0 Å². The summed E-state index contributed by atoms with van der Waals surface area (Å²) < 4.78 is 5.71. The van der Waals surface area contributed by atoms with Crippen molar-refractivity contribution in [1.29, 1.82) is 0 Å². The summed E-state index contributed by atoms with van der Waals surface area (Å²) in [6.45, 7) is 3.97. The van der Waals surface area contributed by atoms with Gasteiger partial charge in [-0.05, 0) is 31.5 Å². The van der Waals surface area contributed by atoms with E-state index in [1.165, 1.54) is 0 Å². The second-order valence-electron chi connectivity index (χ2n) is 2.78. The Hall–Kier alpha value is -0.540. The first-order valence-electron chi connectivity index (χ1n) is 4.19. The SMILES string of the molecule is CCOC(=O)c1cc(Cl)cc(Br)c1C. The highest BCUT2D eigenvalue weighted by Gasteiger charge is 2.12. The summed E-state index contributed by atoms with van der Waals surface area (Å²) in [7, 11) is 0. The highest BCUT2D eigenvalue weighted by molar-refractivity contribution is 9.10. The second kappa shape index (κ2) is 4.80. The van der Waals surface area contributed by atoms with Crippen LogP contribution in [0.1, 0.15) is 22.8 Å². The molecule has 0 saturated heterocycles. The molecule has 0 bridgehead atoms. The van der Waals surface area contributed by atoms with Crippen LogP contribution in [-0.4, -0.2) is 12.6 Å². The molecule has 1 aromatic rings. The third-order valence-electron chi connectivity index (χ3n) is 1.80. The van der Waals surface area contributed by atoms with E-state index in [1.54, 1.807) is 19.1 Å². The zero-order valence-electron chi connectivity index (χ0n) is 7.93. The molecular weight excluding hydrogens is 267 g/mol. The molecule has 4 heteroatoms. The van der Waals surface area contributed by atoms with Crippen LogP contribution in [0.3, 0.4) is 0 Å². The van der Waals surface area contributed by atoms with Gasteiger partial charge < -0.3 is 4.74 Å². The smallest absolute Gasteiger partial charge is 0.338 e. The first kappa shape index (κ1) is 11.5. The van der Waals surface area contributed by atoms with Gasteiger partial charge in [0.1, 0.15) is 0 Å². The zero-order chi connectivity index (χ0) is 10.7. The molecule has 1 rings (SSSR count). The molecule has 76 valence electrons. The van der Waals surface area contributed by atoms with Crippen molar-refractivity contribution in [3.05, 3.63) is 32.8 Å². The lowest BCUT2D eigenvalue weighted by Crippen LogP contribution is -2.06. The van der Waals surface area contributed by atoms with E-state index in [0.29, 0.717) is 17.2 Å². The molecule has 1 aromatic carbocycles. The Bertz CT molecular complexity index is 363. The minimum atomic E-state index is -0.340. The van der Waals surface area contributed by atoms with Gasteiger partial charge in [-0.2, -0.15) is 0 Å². The highest BCUT2D eigenvalue weighted by atomic mass is 79.9. The summed E-state index contributed by atoms with van der Waals surface area (Å²) in [5.41, 5.74) is 1.35. The Morgan fingerprint density at radius 1 is 1.57 bits per heavy atom. The molecule has 0 fully saturated rings. The summed E-state index contributed by atoms with van der Waals surface area (Å²) >= 11 is 9.15. The Labute approximate surface area is 96.3 Å². The van der Waals surface area contributed by atoms with Gasteiger partial charge in [0.05, 0.1) is 12.2 Å². The summed E-state index contributed by atoms with van der Waals surface area (Å²) in [6.07, 6.45) is 0. The van der Waals surface area contributed by atoms with E-state index in [-0.39, 0.29) is 5.97 Å². The molecule has 0 aliphatic heterocycles. The lowest BCUT2D eigenvalue weighted by Gasteiger charge is -2.07. The zero-order valence-corrected chi connectivity index (χ0v) is 10.3. The molecule has 0 saturated carbocycles. The predicted octanol–water partition coefficient (Wildman–Crippen LogP) is 3.59. The molecule has 0 N–H and O–H groups in total. The Balaban J connectivity index is 3.13. The monoisotopic (exact) mass is 276 g/mol. The van der Waals surface area contributed by atoms with E-state index in [0.717, 1.165) is 10.0 Å². The molecule has 0 heterocycles. The topological polar surface area (TPSA) is 26.3 Å². The molecule has 14 heavy (non-hydrogen) atoms. The maximum absolute atomic E-state index is 11.5. The largest absolute Gasteiger partial charge is 0.462 e. The highest BCUT2D eigenvalue weighted by Crippen LogP contribution is 2.25. The van der Waals surface area contributed by atoms with Gasteiger partial charge >= 0.3 is 5.97 Å². The van der Waals surface area contributed by atoms with Gasteiger partial charge in [-0.25, -0.2) is 4.79 Å². The summed E-state index contributed by atoms with van der Waals surface area (Å²) in [5.74, 6) is -0.340. The molecule has 0 aliphatic rings. The van der Waals surface area contributed by atoms with Crippen molar-refractivity contribution in [3.8, 4) is 0 Å². The fourth-order valence-corrected chi connectivity index (χ4v) is 1.88. The van der Waals surface area contributed by atoms with E-state index in [9.17, 15) is 4.79 Å². The number of hydrogen-bond donors (Lipinski definition) is 0. The quantitative estimate of drug-likeness (QED) is 0.772. The van der Waals surface area contributed by atoms with Crippen molar-refractivity contribution >= 4 is 33.5 Å². The molecule has 0 aliphatic carbocycles. The van der Waals surface area contributed by atoms with Crippen molar-refractivity contribution in [1.82, 2.24) is 0 Å².